The number of hydrogen-bond acceptors (Lipinski definition) is 5. The number of rotatable bonds is 5. The van der Waals surface area contributed by atoms with E-state index in [2.05, 4.69) is 10.3 Å². The molecule has 0 radical (unpaired) electrons. The van der Waals surface area contributed by atoms with Gasteiger partial charge in [-0.1, -0.05) is 11.6 Å². The smallest absolute Gasteiger partial charge is 0.229 e. The molecular formula is C13H13ClN4O2. The maximum atomic E-state index is 11.4. The van der Waals surface area contributed by atoms with Gasteiger partial charge in [0.25, 0.3) is 0 Å². The van der Waals surface area contributed by atoms with Gasteiger partial charge in [-0.15, -0.1) is 0 Å². The molecule has 1 saturated heterocycles. The van der Waals surface area contributed by atoms with Crippen LogP contribution in [0, 0.1) is 11.3 Å². The van der Waals surface area contributed by atoms with Crippen molar-refractivity contribution in [2.45, 2.75) is 19.3 Å². The molecule has 0 atom stereocenters. The van der Waals surface area contributed by atoms with Gasteiger partial charge in [-0.05, 0) is 18.6 Å². The summed E-state index contributed by atoms with van der Waals surface area (Å²) in [5, 5.41) is 12.2. The summed E-state index contributed by atoms with van der Waals surface area (Å²) < 4.78 is 0. The quantitative estimate of drug-likeness (QED) is 0.657. The van der Waals surface area contributed by atoms with Crippen LogP contribution in [0.1, 0.15) is 25.0 Å². The molecule has 1 aliphatic heterocycles. The maximum absolute atomic E-state index is 11.4. The SMILES string of the molecule is N#Cc1ccc(Cl)c(NCCCN2C(=O)CCC2=O)n1. The van der Waals surface area contributed by atoms with Gasteiger partial charge in [0.2, 0.25) is 11.8 Å². The highest BCUT2D eigenvalue weighted by atomic mass is 35.5. The molecule has 2 amide bonds. The summed E-state index contributed by atoms with van der Waals surface area (Å²) in [6, 6.07) is 5.07. The van der Waals surface area contributed by atoms with Crippen molar-refractivity contribution in [1.29, 1.82) is 5.26 Å². The summed E-state index contributed by atoms with van der Waals surface area (Å²) in [5.74, 6) is 0.208. The summed E-state index contributed by atoms with van der Waals surface area (Å²) >= 11 is 5.95. The normalized spacial score (nSPS) is 14.5. The van der Waals surface area contributed by atoms with Crippen LogP contribution in [-0.4, -0.2) is 34.8 Å². The van der Waals surface area contributed by atoms with Crippen molar-refractivity contribution < 1.29 is 9.59 Å². The van der Waals surface area contributed by atoms with Gasteiger partial charge in [0.05, 0.1) is 5.02 Å². The molecule has 20 heavy (non-hydrogen) atoms. The molecule has 0 spiro atoms. The molecule has 2 rings (SSSR count). The Labute approximate surface area is 121 Å². The minimum absolute atomic E-state index is 0.113. The molecule has 1 aromatic rings. The molecule has 0 saturated carbocycles. The van der Waals surface area contributed by atoms with Crippen LogP contribution < -0.4 is 5.32 Å². The van der Waals surface area contributed by atoms with Crippen molar-refractivity contribution in [3.8, 4) is 6.07 Å². The fourth-order valence-electron chi connectivity index (χ4n) is 1.94. The van der Waals surface area contributed by atoms with Gasteiger partial charge in [0.15, 0.2) is 0 Å². The summed E-state index contributed by atoms with van der Waals surface area (Å²) in [4.78, 5) is 28.1. The molecule has 7 heteroatoms. The van der Waals surface area contributed by atoms with Gasteiger partial charge in [0, 0.05) is 25.9 Å². The zero-order valence-corrected chi connectivity index (χ0v) is 11.5. The van der Waals surface area contributed by atoms with E-state index in [-0.39, 0.29) is 17.5 Å². The first kappa shape index (κ1) is 14.3. The first-order valence-corrected chi connectivity index (χ1v) is 6.63. The minimum atomic E-state index is -0.113. The van der Waals surface area contributed by atoms with Crippen LogP contribution in [0.5, 0.6) is 0 Å². The third kappa shape index (κ3) is 3.25. The number of halogens is 1. The number of nitrogens with one attached hydrogen (secondary N) is 1. The van der Waals surface area contributed by atoms with Crippen molar-refractivity contribution in [1.82, 2.24) is 9.88 Å². The molecule has 2 heterocycles. The molecule has 1 aliphatic rings. The maximum Gasteiger partial charge on any atom is 0.229 e. The Bertz CT molecular complexity index is 566. The summed E-state index contributed by atoms with van der Waals surface area (Å²) in [6.45, 7) is 0.902. The molecule has 6 nitrogen and oxygen atoms in total. The first-order valence-electron chi connectivity index (χ1n) is 6.25. The number of likely N-dealkylation sites (tertiary alicyclic amines) is 1. The summed E-state index contributed by atoms with van der Waals surface area (Å²) in [6.07, 6.45) is 1.22. The molecule has 104 valence electrons. The molecular weight excluding hydrogens is 280 g/mol. The Balaban J connectivity index is 1.83. The fraction of sp³-hybridized carbons (Fsp3) is 0.385. The van der Waals surface area contributed by atoms with Gasteiger partial charge in [-0.2, -0.15) is 5.26 Å². The summed E-state index contributed by atoms with van der Waals surface area (Å²) in [7, 11) is 0. The van der Waals surface area contributed by atoms with Gasteiger partial charge in [-0.25, -0.2) is 4.98 Å². The molecule has 1 aromatic heterocycles. The zero-order valence-electron chi connectivity index (χ0n) is 10.7. The van der Waals surface area contributed by atoms with E-state index in [1.54, 1.807) is 6.07 Å². The predicted molar refractivity (Wildman–Crippen MR) is 73.0 cm³/mol. The van der Waals surface area contributed by atoms with Crippen LogP contribution in [0.4, 0.5) is 5.82 Å². The van der Waals surface area contributed by atoms with Crippen LogP contribution in [0.15, 0.2) is 12.1 Å². The Morgan fingerprint density at radius 2 is 2.05 bits per heavy atom. The van der Waals surface area contributed by atoms with Gasteiger partial charge < -0.3 is 5.32 Å². The topological polar surface area (TPSA) is 86.1 Å². The lowest BCUT2D eigenvalue weighted by Gasteiger charge is -2.14. The Morgan fingerprint density at radius 3 is 2.70 bits per heavy atom. The Kier molecular flexibility index (Phi) is 4.53. The second-order valence-electron chi connectivity index (χ2n) is 4.36. The van der Waals surface area contributed by atoms with Crippen LogP contribution >= 0.6 is 11.6 Å². The molecule has 0 aliphatic carbocycles. The first-order chi connectivity index (χ1) is 9.61. The number of pyridine rings is 1. The van der Waals surface area contributed by atoms with Gasteiger partial charge >= 0.3 is 0 Å². The average Bonchev–Trinajstić information content (AvgIpc) is 2.76. The van der Waals surface area contributed by atoms with Crippen molar-refractivity contribution >= 4 is 29.2 Å². The van der Waals surface area contributed by atoms with Crippen molar-refractivity contribution in [3.05, 3.63) is 22.8 Å². The number of amides is 2. The number of imide groups is 1. The lowest BCUT2D eigenvalue weighted by molar-refractivity contribution is -0.138. The second-order valence-corrected chi connectivity index (χ2v) is 4.77. The number of nitrogens with zero attached hydrogens (tertiary/aromatic N) is 3. The van der Waals surface area contributed by atoms with Crippen LogP contribution in [-0.2, 0) is 9.59 Å². The minimum Gasteiger partial charge on any atom is -0.369 e. The number of anilines is 1. The van der Waals surface area contributed by atoms with E-state index in [1.807, 2.05) is 6.07 Å². The van der Waals surface area contributed by atoms with Gasteiger partial charge in [0.1, 0.15) is 17.6 Å². The fourth-order valence-corrected chi connectivity index (χ4v) is 2.12. The van der Waals surface area contributed by atoms with Crippen molar-refractivity contribution in [3.63, 3.8) is 0 Å². The highest BCUT2D eigenvalue weighted by Crippen LogP contribution is 2.19. The van der Waals surface area contributed by atoms with E-state index in [9.17, 15) is 9.59 Å². The number of aromatic nitrogens is 1. The lowest BCUT2D eigenvalue weighted by atomic mass is 10.3. The largest absolute Gasteiger partial charge is 0.369 e. The predicted octanol–water partition coefficient (Wildman–Crippen LogP) is 1.56. The molecule has 0 aromatic carbocycles. The molecule has 0 unspecified atom stereocenters. The monoisotopic (exact) mass is 292 g/mol. The third-order valence-electron chi connectivity index (χ3n) is 2.97. The second kappa shape index (κ2) is 6.35. The van der Waals surface area contributed by atoms with E-state index in [0.29, 0.717) is 43.2 Å². The number of hydrogen-bond donors (Lipinski definition) is 1. The highest BCUT2D eigenvalue weighted by Gasteiger charge is 2.27. The van der Waals surface area contributed by atoms with Crippen LogP contribution in [0.3, 0.4) is 0 Å². The van der Waals surface area contributed by atoms with Crippen molar-refractivity contribution in [2.75, 3.05) is 18.4 Å². The highest BCUT2D eigenvalue weighted by molar-refractivity contribution is 6.32. The van der Waals surface area contributed by atoms with E-state index < -0.39 is 0 Å². The average molecular weight is 293 g/mol. The van der Waals surface area contributed by atoms with Gasteiger partial charge in [-0.3, -0.25) is 14.5 Å². The zero-order chi connectivity index (χ0) is 14.5. The third-order valence-corrected chi connectivity index (χ3v) is 3.27. The molecule has 1 N–H and O–H groups in total. The van der Waals surface area contributed by atoms with E-state index >= 15 is 0 Å². The Morgan fingerprint density at radius 1 is 1.35 bits per heavy atom. The van der Waals surface area contributed by atoms with E-state index in [4.69, 9.17) is 16.9 Å². The number of carbonyl (C=O) groups excluding carboxylic acids is 2. The van der Waals surface area contributed by atoms with Crippen molar-refractivity contribution in [2.24, 2.45) is 0 Å². The number of carbonyl (C=O) groups is 2. The van der Waals surface area contributed by atoms with Crippen LogP contribution in [0.2, 0.25) is 5.02 Å². The van der Waals surface area contributed by atoms with Crippen LogP contribution in [0.25, 0.3) is 0 Å². The molecule has 1 fully saturated rings. The van der Waals surface area contributed by atoms with E-state index in [1.165, 1.54) is 11.0 Å². The summed E-state index contributed by atoms with van der Waals surface area (Å²) in [5.41, 5.74) is 0.279. The lowest BCUT2D eigenvalue weighted by Crippen LogP contribution is -2.31. The number of nitriles is 1. The van der Waals surface area contributed by atoms with E-state index in [0.717, 1.165) is 0 Å². The Hall–Kier alpha value is -2.13. The standard InChI is InChI=1S/C13H13ClN4O2/c14-10-3-2-9(8-15)17-13(10)16-6-1-7-18-11(19)4-5-12(18)20/h2-3H,1,4-7H2,(H,16,17). The molecule has 0 bridgehead atoms.